The van der Waals surface area contributed by atoms with Crippen LogP contribution < -0.4 is 9.80 Å². The van der Waals surface area contributed by atoms with Crippen molar-refractivity contribution in [3.8, 4) is 17.0 Å². The Kier molecular flexibility index (Phi) is 10.1. The second-order valence-electron chi connectivity index (χ2n) is 15.7. The summed E-state index contributed by atoms with van der Waals surface area (Å²) in [5.74, 6) is -0.0440. The predicted octanol–water partition coefficient (Wildman–Crippen LogP) is 8.11. The zero-order valence-corrected chi connectivity index (χ0v) is 32.7. The Morgan fingerprint density at radius 3 is 2.41 bits per heavy atom. The van der Waals surface area contributed by atoms with Crippen LogP contribution in [0.1, 0.15) is 62.4 Å². The van der Waals surface area contributed by atoms with Gasteiger partial charge in [-0.25, -0.2) is 0 Å². The summed E-state index contributed by atoms with van der Waals surface area (Å²) in [7, 11) is 2.11. The van der Waals surface area contributed by atoms with E-state index in [0.717, 1.165) is 93.9 Å². The van der Waals surface area contributed by atoms with Gasteiger partial charge in [-0.15, -0.1) is 0 Å². The van der Waals surface area contributed by atoms with Crippen LogP contribution in [0.15, 0.2) is 91.0 Å². The van der Waals surface area contributed by atoms with Crippen LogP contribution in [-0.2, 0) is 37.1 Å². The molecule has 0 unspecified atom stereocenters. The largest absolute Gasteiger partial charge is 0.508 e. The van der Waals surface area contributed by atoms with Crippen LogP contribution in [0.25, 0.3) is 11.3 Å². The van der Waals surface area contributed by atoms with Crippen LogP contribution in [0, 0.1) is 0 Å². The van der Waals surface area contributed by atoms with Gasteiger partial charge in [-0.05, 0) is 122 Å². The molecule has 1 saturated heterocycles. The molecular weight excluding hydrogens is 722 g/mol. The number of phenolic OH excluding ortho intramolecular Hbond substituents is 1. The number of hydrogen-bond acceptors (Lipinski definition) is 6. The third-order valence-corrected chi connectivity index (χ3v) is 12.4. The Morgan fingerprint density at radius 1 is 0.804 bits per heavy atom. The first-order chi connectivity index (χ1) is 27.3. The maximum absolute atomic E-state index is 15.2. The predicted molar refractivity (Wildman–Crippen MR) is 221 cm³/mol. The molecule has 56 heavy (non-hydrogen) atoms. The molecule has 9 rings (SSSR count). The van der Waals surface area contributed by atoms with Gasteiger partial charge in [0.2, 0.25) is 0 Å². The summed E-state index contributed by atoms with van der Waals surface area (Å²) < 4.78 is 7.89. The minimum absolute atomic E-state index is 0.00679. The van der Waals surface area contributed by atoms with Gasteiger partial charge >= 0.3 is 0 Å². The number of benzene rings is 4. The Morgan fingerprint density at radius 2 is 1.59 bits per heavy atom. The van der Waals surface area contributed by atoms with E-state index in [-0.39, 0.29) is 23.6 Å². The number of rotatable bonds is 7. The van der Waals surface area contributed by atoms with Gasteiger partial charge in [0, 0.05) is 97.0 Å². The third kappa shape index (κ3) is 6.97. The lowest BCUT2D eigenvalue weighted by Gasteiger charge is -2.40. The van der Waals surface area contributed by atoms with E-state index >= 15 is 9.59 Å². The van der Waals surface area contributed by atoms with Crippen LogP contribution in [-0.4, -0.2) is 83.8 Å². The number of aromatic nitrogens is 1. The van der Waals surface area contributed by atoms with Gasteiger partial charge in [0.1, 0.15) is 5.75 Å². The highest BCUT2D eigenvalue weighted by atomic mass is 35.5. The molecule has 4 aromatic carbocycles. The van der Waals surface area contributed by atoms with Crippen LogP contribution in [0.5, 0.6) is 5.75 Å². The van der Waals surface area contributed by atoms with Crippen LogP contribution in [0.2, 0.25) is 5.02 Å². The minimum atomic E-state index is -0.148. The summed E-state index contributed by atoms with van der Waals surface area (Å²) in [6.45, 7) is 6.14. The normalized spacial score (nSPS) is 18.2. The molecule has 0 saturated carbocycles. The first kappa shape index (κ1) is 36.5. The maximum atomic E-state index is 15.2. The van der Waals surface area contributed by atoms with Gasteiger partial charge in [0.25, 0.3) is 11.8 Å². The number of halogens is 1. The monoisotopic (exact) mass is 769 g/mol. The number of carbonyl (C=O) groups excluding carboxylic acids is 2. The van der Waals surface area contributed by atoms with E-state index in [4.69, 9.17) is 16.3 Å². The van der Waals surface area contributed by atoms with Gasteiger partial charge in [-0.2, -0.15) is 0 Å². The Hall–Kier alpha value is -5.09. The van der Waals surface area contributed by atoms with E-state index in [1.165, 1.54) is 22.4 Å². The summed E-state index contributed by atoms with van der Waals surface area (Å²) in [5.41, 5.74) is 10.0. The van der Waals surface area contributed by atoms with Gasteiger partial charge in [-0.3, -0.25) is 19.4 Å². The summed E-state index contributed by atoms with van der Waals surface area (Å²) in [6.07, 6.45) is 5.46. The molecule has 1 N–H and O–H groups in total. The molecule has 10 heteroatoms. The van der Waals surface area contributed by atoms with E-state index in [2.05, 4.69) is 56.6 Å². The molecule has 9 nitrogen and oxygen atoms in total. The number of aromatic hydroxyl groups is 1. The molecule has 2 amide bonds. The molecule has 4 aliphatic rings. The van der Waals surface area contributed by atoms with Crippen molar-refractivity contribution < 1.29 is 19.4 Å². The van der Waals surface area contributed by atoms with Crippen molar-refractivity contribution in [1.82, 2.24) is 14.4 Å². The zero-order valence-electron chi connectivity index (χ0n) is 31.9. The average Bonchev–Trinajstić information content (AvgIpc) is 3.61. The van der Waals surface area contributed by atoms with Crippen molar-refractivity contribution in [3.05, 3.63) is 130 Å². The third-order valence-electron chi connectivity index (χ3n) is 12.1. The molecule has 5 heterocycles. The number of carbonyl (C=O) groups is 2. The van der Waals surface area contributed by atoms with Gasteiger partial charge in [0.05, 0.1) is 18.8 Å². The smallest absolute Gasteiger partial charge is 0.264 e. The van der Waals surface area contributed by atoms with Crippen LogP contribution in [0.4, 0.5) is 17.1 Å². The number of hydrogen-bond donors (Lipinski definition) is 1. The standard InChI is InChI=1S/C46H48ClN5O4/c1-48-19-6-9-32-26-36(14-18-42(32)48)52(35-12-15-38(53)16-13-35)46(55)41-28-44(50-20-5-4-10-43(41)50)40-27-34(47)11-17-39(40)45(54)51-29-33-8-3-2-7-31(33)25-37(51)30-49-21-23-56-24-22-49/h2-3,7-8,11-18,26-28,37,53H,4-6,9-10,19-25,29-30H2,1H3/t37-/m0/s1. The molecule has 0 bridgehead atoms. The highest BCUT2D eigenvalue weighted by Gasteiger charge is 2.35. The number of ether oxygens (including phenoxy) is 1. The zero-order chi connectivity index (χ0) is 38.3. The Bertz CT molecular complexity index is 2280. The van der Waals surface area contributed by atoms with Crippen molar-refractivity contribution in [3.63, 3.8) is 0 Å². The summed E-state index contributed by atoms with van der Waals surface area (Å²) >= 11 is 6.77. The van der Waals surface area contributed by atoms with Crippen molar-refractivity contribution in [1.29, 1.82) is 0 Å². The number of phenols is 1. The summed E-state index contributed by atoms with van der Waals surface area (Å²) in [5, 5.41) is 10.7. The highest BCUT2D eigenvalue weighted by Crippen LogP contribution is 2.39. The molecule has 0 radical (unpaired) electrons. The van der Waals surface area contributed by atoms with Crippen molar-refractivity contribution >= 4 is 40.5 Å². The second kappa shape index (κ2) is 15.4. The quantitative estimate of drug-likeness (QED) is 0.180. The van der Waals surface area contributed by atoms with Gasteiger partial charge in [-0.1, -0.05) is 35.9 Å². The van der Waals surface area contributed by atoms with E-state index < -0.39 is 0 Å². The highest BCUT2D eigenvalue weighted by molar-refractivity contribution is 6.31. The lowest BCUT2D eigenvalue weighted by atomic mass is 9.92. The lowest BCUT2D eigenvalue weighted by molar-refractivity contribution is 0.0193. The van der Waals surface area contributed by atoms with Crippen molar-refractivity contribution in [2.24, 2.45) is 0 Å². The van der Waals surface area contributed by atoms with Crippen LogP contribution >= 0.6 is 11.6 Å². The molecular formula is C46H48ClN5O4. The molecule has 1 fully saturated rings. The van der Waals surface area contributed by atoms with E-state index in [1.54, 1.807) is 35.2 Å². The van der Waals surface area contributed by atoms with Gasteiger partial charge in [0.15, 0.2) is 0 Å². The van der Waals surface area contributed by atoms with Gasteiger partial charge < -0.3 is 24.2 Å². The minimum Gasteiger partial charge on any atom is -0.508 e. The fourth-order valence-electron chi connectivity index (χ4n) is 9.24. The molecule has 5 aromatic rings. The number of morpholine rings is 1. The van der Waals surface area contributed by atoms with Crippen LogP contribution in [0.3, 0.4) is 0 Å². The van der Waals surface area contributed by atoms with Crippen molar-refractivity contribution in [2.75, 3.05) is 56.2 Å². The number of fused-ring (bicyclic) bond motifs is 3. The topological polar surface area (TPSA) is 81.5 Å². The SMILES string of the molecule is CN1CCCc2cc(N(C(=O)c3cc(-c4cc(Cl)ccc4C(=O)N4Cc5ccccc5C[C@H]4CN4CCOCC4)n4c3CCCC4)c3ccc(O)cc3)ccc21. The summed E-state index contributed by atoms with van der Waals surface area (Å²) in [6, 6.07) is 29.1. The van der Waals surface area contributed by atoms with Crippen molar-refractivity contribution in [2.45, 2.75) is 57.7 Å². The van der Waals surface area contributed by atoms with E-state index in [9.17, 15) is 5.11 Å². The number of nitrogens with zero attached hydrogens (tertiary/aromatic N) is 5. The fraction of sp³-hybridized carbons (Fsp3) is 0.348. The second-order valence-corrected chi connectivity index (χ2v) is 16.1. The molecule has 1 aromatic heterocycles. The van der Waals surface area contributed by atoms with E-state index in [1.807, 2.05) is 30.3 Å². The summed E-state index contributed by atoms with van der Waals surface area (Å²) in [4.78, 5) is 38.7. The fourth-order valence-corrected chi connectivity index (χ4v) is 9.41. The first-order valence-corrected chi connectivity index (χ1v) is 20.4. The number of anilines is 3. The molecule has 0 spiro atoms. The Labute approximate surface area is 333 Å². The maximum Gasteiger partial charge on any atom is 0.264 e. The van der Waals surface area contributed by atoms with E-state index in [0.29, 0.717) is 41.6 Å². The molecule has 4 aliphatic heterocycles. The Balaban J connectivity index is 1.12. The average molecular weight is 770 g/mol. The molecule has 1 atom stereocenters. The lowest BCUT2D eigenvalue weighted by Crippen LogP contribution is -2.52. The molecule has 0 aliphatic carbocycles. The molecule has 288 valence electrons. The first-order valence-electron chi connectivity index (χ1n) is 20.0. The number of amides is 2. The number of aryl methyl sites for hydroxylation is 1.